The second kappa shape index (κ2) is 6.06. The molecule has 0 aromatic heterocycles. The molecule has 1 heterocycles. The summed E-state index contributed by atoms with van der Waals surface area (Å²) in [6.07, 6.45) is -0.771. The van der Waals surface area contributed by atoms with Crippen molar-refractivity contribution in [3.63, 3.8) is 0 Å². The van der Waals surface area contributed by atoms with Gasteiger partial charge in [0.15, 0.2) is 0 Å². The van der Waals surface area contributed by atoms with E-state index in [-0.39, 0.29) is 24.4 Å². The highest BCUT2D eigenvalue weighted by Crippen LogP contribution is 2.18. The summed E-state index contributed by atoms with van der Waals surface area (Å²) in [4.78, 5) is 22.4. The number of hydrogen-bond acceptors (Lipinski definition) is 4. The van der Waals surface area contributed by atoms with Crippen molar-refractivity contribution in [2.24, 2.45) is 0 Å². The zero-order valence-corrected chi connectivity index (χ0v) is 10.5. The molecular weight excluding hydrogens is 270 g/mol. The van der Waals surface area contributed by atoms with Crippen LogP contribution in [0.2, 0.25) is 0 Å². The van der Waals surface area contributed by atoms with Crippen LogP contribution in [0.4, 0.5) is 8.78 Å². The molecule has 1 aliphatic rings. The van der Waals surface area contributed by atoms with Crippen molar-refractivity contribution in [3.05, 3.63) is 35.4 Å². The summed E-state index contributed by atoms with van der Waals surface area (Å²) in [5, 5.41) is 14.7. The third kappa shape index (κ3) is 3.37. The number of halogens is 2. The molecule has 1 fully saturated rings. The Morgan fingerprint density at radius 1 is 1.40 bits per heavy atom. The lowest BCUT2D eigenvalue weighted by Crippen LogP contribution is -2.51. The van der Waals surface area contributed by atoms with Crippen LogP contribution < -0.4 is 10.6 Å². The van der Waals surface area contributed by atoms with E-state index >= 15 is 0 Å². The maximum Gasteiger partial charge on any atom is 0.243 e. The molecule has 3 N–H and O–H groups in total. The first-order valence-corrected chi connectivity index (χ1v) is 6.17. The molecule has 2 amide bonds. The summed E-state index contributed by atoms with van der Waals surface area (Å²) in [6, 6.07) is 2.17. The lowest BCUT2D eigenvalue weighted by Gasteiger charge is -2.23. The van der Waals surface area contributed by atoms with Crippen LogP contribution in [-0.2, 0) is 9.59 Å². The van der Waals surface area contributed by atoms with Crippen LogP contribution in [-0.4, -0.2) is 29.5 Å². The summed E-state index contributed by atoms with van der Waals surface area (Å²) in [7, 11) is 0. The van der Waals surface area contributed by atoms with Crippen LogP contribution in [0.15, 0.2) is 18.2 Å². The number of carbonyl (C=O) groups is 2. The highest BCUT2D eigenvalue weighted by molar-refractivity contribution is 6.00. The lowest BCUT2D eigenvalue weighted by atomic mass is 10.0. The largest absolute Gasteiger partial charge is 0.387 e. The van der Waals surface area contributed by atoms with E-state index in [0.29, 0.717) is 6.42 Å². The number of hydrogen-bond donors (Lipinski definition) is 3. The molecule has 2 unspecified atom stereocenters. The molecule has 5 nitrogen and oxygen atoms in total. The molecule has 0 aliphatic carbocycles. The van der Waals surface area contributed by atoms with Gasteiger partial charge in [0.1, 0.15) is 11.6 Å². The maximum absolute atomic E-state index is 13.4. The van der Waals surface area contributed by atoms with E-state index in [4.69, 9.17) is 0 Å². The quantitative estimate of drug-likeness (QED) is 0.699. The minimum Gasteiger partial charge on any atom is -0.387 e. The van der Waals surface area contributed by atoms with E-state index in [0.717, 1.165) is 18.2 Å². The fraction of sp³-hybridized carbons (Fsp3) is 0.385. The Morgan fingerprint density at radius 3 is 2.85 bits per heavy atom. The Morgan fingerprint density at radius 2 is 2.15 bits per heavy atom. The summed E-state index contributed by atoms with van der Waals surface area (Å²) in [6.45, 7) is -0.118. The van der Waals surface area contributed by atoms with Crippen LogP contribution in [0.3, 0.4) is 0 Å². The van der Waals surface area contributed by atoms with Gasteiger partial charge in [-0.3, -0.25) is 14.9 Å². The predicted octanol–water partition coefficient (Wildman–Crippen LogP) is 0.393. The first kappa shape index (κ1) is 14.5. The Labute approximate surface area is 114 Å². The van der Waals surface area contributed by atoms with Gasteiger partial charge >= 0.3 is 0 Å². The molecule has 2 atom stereocenters. The first-order chi connectivity index (χ1) is 9.47. The average Bonchev–Trinajstić information content (AvgIpc) is 2.40. The van der Waals surface area contributed by atoms with Gasteiger partial charge in [-0.1, -0.05) is 0 Å². The number of rotatable bonds is 4. The lowest BCUT2D eigenvalue weighted by molar-refractivity contribution is -0.134. The second-order valence-electron chi connectivity index (χ2n) is 4.59. The Bertz CT molecular complexity index is 536. The van der Waals surface area contributed by atoms with E-state index in [1.165, 1.54) is 0 Å². The first-order valence-electron chi connectivity index (χ1n) is 6.17. The van der Waals surface area contributed by atoms with Crippen molar-refractivity contribution >= 4 is 11.8 Å². The van der Waals surface area contributed by atoms with Crippen LogP contribution >= 0.6 is 0 Å². The number of nitrogens with one attached hydrogen (secondary N) is 2. The van der Waals surface area contributed by atoms with Crippen LogP contribution in [0.25, 0.3) is 0 Å². The van der Waals surface area contributed by atoms with E-state index in [1.807, 2.05) is 0 Å². The van der Waals surface area contributed by atoms with Gasteiger partial charge in [0.2, 0.25) is 11.8 Å². The van der Waals surface area contributed by atoms with Gasteiger partial charge in [0.05, 0.1) is 12.1 Å². The number of piperidine rings is 1. The van der Waals surface area contributed by atoms with Gasteiger partial charge in [-0.2, -0.15) is 0 Å². The smallest absolute Gasteiger partial charge is 0.243 e. The zero-order chi connectivity index (χ0) is 14.7. The molecule has 0 radical (unpaired) electrons. The Hall–Kier alpha value is -1.86. The number of aliphatic hydroxyl groups is 1. The van der Waals surface area contributed by atoms with Crippen LogP contribution in [0, 0.1) is 11.6 Å². The number of aliphatic hydroxyl groups excluding tert-OH is 1. The second-order valence-corrected chi connectivity index (χ2v) is 4.59. The molecule has 7 heteroatoms. The molecule has 1 aromatic carbocycles. The molecule has 108 valence electrons. The predicted molar refractivity (Wildman–Crippen MR) is 65.5 cm³/mol. The topological polar surface area (TPSA) is 78.4 Å². The van der Waals surface area contributed by atoms with E-state index < -0.39 is 29.7 Å². The highest BCUT2D eigenvalue weighted by atomic mass is 19.1. The summed E-state index contributed by atoms with van der Waals surface area (Å²) < 4.78 is 26.4. The van der Waals surface area contributed by atoms with Gasteiger partial charge < -0.3 is 10.4 Å². The van der Waals surface area contributed by atoms with Crippen LogP contribution in [0.5, 0.6) is 0 Å². The van der Waals surface area contributed by atoms with Crippen molar-refractivity contribution in [2.45, 2.75) is 25.0 Å². The number of imide groups is 1. The van der Waals surface area contributed by atoms with Gasteiger partial charge in [0.25, 0.3) is 0 Å². The van der Waals surface area contributed by atoms with Crippen molar-refractivity contribution in [3.8, 4) is 0 Å². The minimum absolute atomic E-state index is 0.118. The molecule has 1 aromatic rings. The number of benzene rings is 1. The summed E-state index contributed by atoms with van der Waals surface area (Å²) in [5.41, 5.74) is -0.176. The average molecular weight is 284 g/mol. The molecule has 0 bridgehead atoms. The molecule has 0 saturated carbocycles. The normalized spacial score (nSPS) is 20.6. The highest BCUT2D eigenvalue weighted by Gasteiger charge is 2.27. The molecule has 20 heavy (non-hydrogen) atoms. The molecule has 0 spiro atoms. The monoisotopic (exact) mass is 284 g/mol. The van der Waals surface area contributed by atoms with Crippen LogP contribution in [0.1, 0.15) is 24.5 Å². The van der Waals surface area contributed by atoms with E-state index in [1.54, 1.807) is 0 Å². The third-order valence-electron chi connectivity index (χ3n) is 3.11. The minimum atomic E-state index is -1.28. The fourth-order valence-electron chi connectivity index (χ4n) is 2.02. The molecular formula is C13H14F2N2O3. The van der Waals surface area contributed by atoms with Crippen molar-refractivity contribution < 1.29 is 23.5 Å². The zero-order valence-electron chi connectivity index (χ0n) is 10.5. The van der Waals surface area contributed by atoms with E-state index in [9.17, 15) is 23.5 Å². The SMILES string of the molecule is O=C1CCC(NCC(O)c2cc(F)ccc2F)C(=O)N1. The summed E-state index contributed by atoms with van der Waals surface area (Å²) in [5.74, 6) is -2.19. The van der Waals surface area contributed by atoms with Crippen molar-refractivity contribution in [1.82, 2.24) is 10.6 Å². The third-order valence-corrected chi connectivity index (χ3v) is 3.11. The van der Waals surface area contributed by atoms with Gasteiger partial charge in [0, 0.05) is 18.5 Å². The Kier molecular flexibility index (Phi) is 4.41. The number of carbonyl (C=O) groups excluding carboxylic acids is 2. The Balaban J connectivity index is 1.95. The van der Waals surface area contributed by atoms with Gasteiger partial charge in [-0.25, -0.2) is 8.78 Å². The van der Waals surface area contributed by atoms with Crippen molar-refractivity contribution in [1.29, 1.82) is 0 Å². The fourth-order valence-corrected chi connectivity index (χ4v) is 2.02. The molecule has 1 saturated heterocycles. The number of amides is 2. The molecule has 2 rings (SSSR count). The maximum atomic E-state index is 13.4. The molecule has 1 aliphatic heterocycles. The van der Waals surface area contributed by atoms with Gasteiger partial charge in [-0.05, 0) is 24.6 Å². The summed E-state index contributed by atoms with van der Waals surface area (Å²) >= 11 is 0. The van der Waals surface area contributed by atoms with E-state index in [2.05, 4.69) is 10.6 Å². The standard InChI is InChI=1S/C13H14F2N2O3/c14-7-1-2-9(15)8(5-7)11(18)6-16-10-3-4-12(19)17-13(10)20/h1-2,5,10-11,16,18H,3-4,6H2,(H,17,19,20). The van der Waals surface area contributed by atoms with Crippen molar-refractivity contribution in [2.75, 3.05) is 6.54 Å². The van der Waals surface area contributed by atoms with Gasteiger partial charge in [-0.15, -0.1) is 0 Å².